The second kappa shape index (κ2) is 7.10. The average Bonchev–Trinajstić information content (AvgIpc) is 2.90. The van der Waals surface area contributed by atoms with E-state index >= 15 is 0 Å². The van der Waals surface area contributed by atoms with Crippen molar-refractivity contribution in [2.75, 3.05) is 13.2 Å². The fourth-order valence-electron chi connectivity index (χ4n) is 2.13. The van der Waals surface area contributed by atoms with Crippen LogP contribution in [-0.2, 0) is 4.74 Å². The third-order valence-electron chi connectivity index (χ3n) is 3.15. The predicted molar refractivity (Wildman–Crippen MR) is 81.0 cm³/mol. The van der Waals surface area contributed by atoms with E-state index < -0.39 is 0 Å². The Morgan fingerprint density at radius 3 is 2.95 bits per heavy atom. The largest absolute Gasteiger partial charge is 0.379 e. The van der Waals surface area contributed by atoms with Crippen molar-refractivity contribution >= 4 is 16.8 Å². The van der Waals surface area contributed by atoms with Gasteiger partial charge in [-0.2, -0.15) is 0 Å². The molecule has 0 aliphatic rings. The van der Waals surface area contributed by atoms with Crippen LogP contribution in [0.1, 0.15) is 37.0 Å². The number of aromatic amines is 1. The summed E-state index contributed by atoms with van der Waals surface area (Å²) in [5, 5.41) is 3.93. The van der Waals surface area contributed by atoms with Gasteiger partial charge >= 0.3 is 0 Å². The van der Waals surface area contributed by atoms with E-state index in [1.165, 1.54) is 0 Å². The summed E-state index contributed by atoms with van der Waals surface area (Å²) in [6.45, 7) is 5.49. The number of ether oxygens (including phenoxy) is 1. The zero-order valence-corrected chi connectivity index (χ0v) is 12.1. The molecule has 0 saturated heterocycles. The van der Waals surface area contributed by atoms with E-state index in [1.807, 2.05) is 44.3 Å². The summed E-state index contributed by atoms with van der Waals surface area (Å²) < 4.78 is 5.46. The first kappa shape index (κ1) is 14.6. The first-order chi connectivity index (χ1) is 9.68. The molecule has 0 unspecified atom stereocenters. The number of H-pyrrole nitrogens is 1. The highest BCUT2D eigenvalue weighted by atomic mass is 16.5. The Hall–Kier alpha value is -1.81. The number of aromatic nitrogens is 1. The summed E-state index contributed by atoms with van der Waals surface area (Å²) in [4.78, 5) is 15.3. The van der Waals surface area contributed by atoms with Crippen molar-refractivity contribution in [1.29, 1.82) is 0 Å². The number of carbonyl (C=O) groups excluding carboxylic acids is 1. The highest BCUT2D eigenvalue weighted by Crippen LogP contribution is 2.17. The molecule has 0 aliphatic carbocycles. The van der Waals surface area contributed by atoms with Crippen LogP contribution in [0.2, 0.25) is 0 Å². The number of unbranched alkanes of at least 4 members (excludes halogenated alkanes) is 1. The van der Waals surface area contributed by atoms with E-state index in [1.54, 1.807) is 0 Å². The van der Waals surface area contributed by atoms with Gasteiger partial charge in [0.2, 0.25) is 0 Å². The molecule has 2 aromatic rings. The van der Waals surface area contributed by atoms with Gasteiger partial charge in [-0.1, -0.05) is 6.07 Å². The van der Waals surface area contributed by atoms with E-state index in [2.05, 4.69) is 10.3 Å². The highest BCUT2D eigenvalue weighted by Gasteiger charge is 2.09. The van der Waals surface area contributed by atoms with Gasteiger partial charge in [0.25, 0.3) is 5.91 Å². The van der Waals surface area contributed by atoms with E-state index in [0.29, 0.717) is 6.54 Å². The second-order valence-electron chi connectivity index (χ2n) is 5.13. The van der Waals surface area contributed by atoms with Crippen molar-refractivity contribution in [3.63, 3.8) is 0 Å². The van der Waals surface area contributed by atoms with Gasteiger partial charge in [0.1, 0.15) is 0 Å². The highest BCUT2D eigenvalue weighted by molar-refractivity contribution is 6.06. The number of hydrogen-bond acceptors (Lipinski definition) is 2. The molecular formula is C16H22N2O2. The molecule has 4 nitrogen and oxygen atoms in total. The van der Waals surface area contributed by atoms with E-state index in [0.717, 1.165) is 35.9 Å². The third-order valence-corrected chi connectivity index (χ3v) is 3.15. The van der Waals surface area contributed by atoms with Gasteiger partial charge in [0.15, 0.2) is 0 Å². The van der Waals surface area contributed by atoms with Gasteiger partial charge in [-0.05, 0) is 44.9 Å². The van der Waals surface area contributed by atoms with Gasteiger partial charge in [0, 0.05) is 35.8 Å². The van der Waals surface area contributed by atoms with Crippen LogP contribution in [0.15, 0.2) is 30.5 Å². The SMILES string of the molecule is CC(C)OCCCCNC(=O)c1cccc2[nH]ccc12. The molecule has 0 atom stereocenters. The summed E-state index contributed by atoms with van der Waals surface area (Å²) in [6.07, 6.45) is 4.02. The van der Waals surface area contributed by atoms with E-state index in [4.69, 9.17) is 4.74 Å². The number of carbonyl (C=O) groups is 1. The van der Waals surface area contributed by atoms with Gasteiger partial charge in [-0.25, -0.2) is 0 Å². The molecule has 0 spiro atoms. The van der Waals surface area contributed by atoms with Crippen LogP contribution in [-0.4, -0.2) is 30.1 Å². The molecule has 108 valence electrons. The lowest BCUT2D eigenvalue weighted by molar-refractivity contribution is 0.0754. The normalized spacial score (nSPS) is 11.2. The fraction of sp³-hybridized carbons (Fsp3) is 0.438. The number of fused-ring (bicyclic) bond motifs is 1. The Morgan fingerprint density at radius 1 is 1.30 bits per heavy atom. The Balaban J connectivity index is 1.79. The van der Waals surface area contributed by atoms with Crippen molar-refractivity contribution in [1.82, 2.24) is 10.3 Å². The van der Waals surface area contributed by atoms with Crippen molar-refractivity contribution in [2.45, 2.75) is 32.8 Å². The lowest BCUT2D eigenvalue weighted by Crippen LogP contribution is -2.24. The summed E-state index contributed by atoms with van der Waals surface area (Å²) in [5.74, 6) is -0.0139. The van der Waals surface area contributed by atoms with Crippen LogP contribution in [0.4, 0.5) is 0 Å². The Bertz CT molecular complexity index is 560. The number of amides is 1. The van der Waals surface area contributed by atoms with Crippen molar-refractivity contribution in [2.24, 2.45) is 0 Å². The standard InChI is InChI=1S/C16H22N2O2/c1-12(2)20-11-4-3-9-18-16(19)14-6-5-7-15-13(14)8-10-17-15/h5-8,10,12,17H,3-4,9,11H2,1-2H3,(H,18,19). The Labute approximate surface area is 119 Å². The maximum atomic E-state index is 12.1. The van der Waals surface area contributed by atoms with E-state index in [-0.39, 0.29) is 12.0 Å². The quantitative estimate of drug-likeness (QED) is 0.762. The molecule has 0 saturated carbocycles. The minimum atomic E-state index is -0.0139. The monoisotopic (exact) mass is 274 g/mol. The maximum absolute atomic E-state index is 12.1. The Morgan fingerprint density at radius 2 is 2.15 bits per heavy atom. The molecule has 1 heterocycles. The topological polar surface area (TPSA) is 54.1 Å². The third kappa shape index (κ3) is 3.84. The number of hydrogen-bond donors (Lipinski definition) is 2. The average molecular weight is 274 g/mol. The first-order valence-electron chi connectivity index (χ1n) is 7.14. The number of benzene rings is 1. The minimum absolute atomic E-state index is 0.0139. The molecule has 2 rings (SSSR count). The number of nitrogens with one attached hydrogen (secondary N) is 2. The smallest absolute Gasteiger partial charge is 0.251 e. The van der Waals surface area contributed by atoms with Crippen molar-refractivity contribution < 1.29 is 9.53 Å². The molecule has 0 radical (unpaired) electrons. The van der Waals surface area contributed by atoms with Gasteiger partial charge < -0.3 is 15.0 Å². The lowest BCUT2D eigenvalue weighted by atomic mass is 10.1. The molecule has 0 fully saturated rings. The Kier molecular flexibility index (Phi) is 5.18. The molecular weight excluding hydrogens is 252 g/mol. The first-order valence-corrected chi connectivity index (χ1v) is 7.14. The van der Waals surface area contributed by atoms with Gasteiger partial charge in [-0.3, -0.25) is 4.79 Å². The summed E-state index contributed by atoms with van der Waals surface area (Å²) >= 11 is 0. The number of rotatable bonds is 7. The summed E-state index contributed by atoms with van der Waals surface area (Å²) in [5.41, 5.74) is 1.71. The predicted octanol–water partition coefficient (Wildman–Crippen LogP) is 3.10. The second-order valence-corrected chi connectivity index (χ2v) is 5.13. The fourth-order valence-corrected chi connectivity index (χ4v) is 2.13. The summed E-state index contributed by atoms with van der Waals surface area (Å²) in [6, 6.07) is 7.65. The van der Waals surface area contributed by atoms with Crippen LogP contribution in [0.25, 0.3) is 10.9 Å². The van der Waals surface area contributed by atoms with Crippen LogP contribution in [0.5, 0.6) is 0 Å². The van der Waals surface area contributed by atoms with Crippen molar-refractivity contribution in [3.8, 4) is 0 Å². The van der Waals surface area contributed by atoms with Gasteiger partial charge in [0.05, 0.1) is 6.10 Å². The molecule has 4 heteroatoms. The molecule has 2 N–H and O–H groups in total. The van der Waals surface area contributed by atoms with Crippen LogP contribution >= 0.6 is 0 Å². The van der Waals surface area contributed by atoms with E-state index in [9.17, 15) is 4.79 Å². The minimum Gasteiger partial charge on any atom is -0.379 e. The zero-order chi connectivity index (χ0) is 14.4. The van der Waals surface area contributed by atoms with Crippen molar-refractivity contribution in [3.05, 3.63) is 36.0 Å². The van der Waals surface area contributed by atoms with Crippen LogP contribution in [0.3, 0.4) is 0 Å². The molecule has 1 aromatic heterocycles. The molecule has 1 aromatic carbocycles. The molecule has 0 aliphatic heterocycles. The molecule has 1 amide bonds. The van der Waals surface area contributed by atoms with Gasteiger partial charge in [-0.15, -0.1) is 0 Å². The maximum Gasteiger partial charge on any atom is 0.251 e. The summed E-state index contributed by atoms with van der Waals surface area (Å²) in [7, 11) is 0. The molecule has 0 bridgehead atoms. The zero-order valence-electron chi connectivity index (χ0n) is 12.1. The van der Waals surface area contributed by atoms with Crippen LogP contribution < -0.4 is 5.32 Å². The molecule has 20 heavy (non-hydrogen) atoms. The van der Waals surface area contributed by atoms with Crippen LogP contribution in [0, 0.1) is 0 Å². The lowest BCUT2D eigenvalue weighted by Gasteiger charge is -2.08.